The normalized spacial score (nSPS) is 7.25. The van der Waals surface area contributed by atoms with Crippen LogP contribution in [0.4, 0.5) is 0 Å². The van der Waals surface area contributed by atoms with Crippen molar-refractivity contribution in [1.29, 1.82) is 0 Å². The first-order chi connectivity index (χ1) is 3.13. The van der Waals surface area contributed by atoms with Crippen molar-refractivity contribution in [2.45, 2.75) is 20.3 Å². The van der Waals surface area contributed by atoms with Crippen LogP contribution in [0.5, 0.6) is 0 Å². The van der Waals surface area contributed by atoms with Crippen molar-refractivity contribution in [3.63, 3.8) is 0 Å². The van der Waals surface area contributed by atoms with E-state index in [1.54, 1.807) is 0 Å². The summed E-state index contributed by atoms with van der Waals surface area (Å²) in [4.78, 5) is 20.1. The minimum atomic E-state index is -0.0625. The molecule has 0 amide bonds. The summed E-state index contributed by atoms with van der Waals surface area (Å²) in [6.07, 6.45) is 0.0833. The van der Waals surface area contributed by atoms with E-state index < -0.39 is 0 Å². The van der Waals surface area contributed by atoms with E-state index in [9.17, 15) is 9.59 Å². The van der Waals surface area contributed by atoms with E-state index >= 15 is 0 Å². The Morgan fingerprint density at radius 1 is 1.12 bits per heavy atom. The molecular weight excluding hydrogens is 251 g/mol. The molecule has 0 aliphatic carbocycles. The van der Waals surface area contributed by atoms with Gasteiger partial charge in [-0.1, -0.05) is 0 Å². The predicted molar refractivity (Wildman–Crippen MR) is 26.0 cm³/mol. The largest absolute Gasteiger partial charge is 3.00 e. The number of ketones is 2. The maximum absolute atomic E-state index is 10.0. The Morgan fingerprint density at radius 2 is 1.38 bits per heavy atom. The Kier molecular flexibility index (Phi) is 8.22. The van der Waals surface area contributed by atoms with Gasteiger partial charge < -0.3 is 0 Å². The van der Waals surface area contributed by atoms with E-state index in [-0.39, 0.29) is 56.6 Å². The van der Waals surface area contributed by atoms with Crippen molar-refractivity contribution in [2.24, 2.45) is 0 Å². The molecule has 8 heavy (non-hydrogen) atoms. The Morgan fingerprint density at radius 3 is 1.38 bits per heavy atom. The Balaban J connectivity index is 0. The van der Waals surface area contributed by atoms with Gasteiger partial charge in [0.2, 0.25) is 0 Å². The van der Waals surface area contributed by atoms with Gasteiger partial charge in [0.05, 0.1) is 6.42 Å². The van der Waals surface area contributed by atoms with Crippen molar-refractivity contribution < 1.29 is 48.2 Å². The molecule has 0 aromatic rings. The van der Waals surface area contributed by atoms with Gasteiger partial charge in [-0.05, 0) is 13.8 Å². The molecule has 0 unspecified atom stereocenters. The summed E-state index contributed by atoms with van der Waals surface area (Å²) < 4.78 is 0. The van der Waals surface area contributed by atoms with Crippen LogP contribution in [0.25, 0.3) is 0 Å². The zero-order chi connectivity index (χ0) is 5.86. The van der Waals surface area contributed by atoms with Crippen molar-refractivity contribution in [1.82, 2.24) is 0 Å². The van der Waals surface area contributed by atoms with Gasteiger partial charge in [-0.25, -0.2) is 0 Å². The van der Waals surface area contributed by atoms with Crippen LogP contribution in [0, 0.1) is 38.6 Å². The Labute approximate surface area is 79.5 Å². The molecule has 0 aliphatic heterocycles. The molecule has 0 spiro atoms. The third-order valence-electron chi connectivity index (χ3n) is 0.498. The third-order valence-corrected chi connectivity index (χ3v) is 0.498. The first kappa shape index (κ1) is 11.4. The third kappa shape index (κ3) is 9.80. The minimum Gasteiger partial charge on any atom is -0.300 e. The second-order valence-electron chi connectivity index (χ2n) is 1.58. The van der Waals surface area contributed by atoms with Gasteiger partial charge in [-0.3, -0.25) is 9.59 Å². The molecule has 0 atom stereocenters. The maximum atomic E-state index is 10.0. The summed E-state index contributed by atoms with van der Waals surface area (Å²) in [6, 6.07) is 0. The SMILES string of the molecule is CC(=O)CC(C)=O.[Tb+3]. The number of Topliss-reactive ketones (excluding diaryl/α,β-unsaturated/α-hetero) is 2. The van der Waals surface area contributed by atoms with Crippen molar-refractivity contribution >= 4 is 11.6 Å². The summed E-state index contributed by atoms with van der Waals surface area (Å²) in [6.45, 7) is 2.81. The van der Waals surface area contributed by atoms with Crippen molar-refractivity contribution in [2.75, 3.05) is 0 Å². The smallest absolute Gasteiger partial charge is 0.300 e. The Hall–Kier alpha value is 0.626. The number of hydrogen-bond acceptors (Lipinski definition) is 2. The zero-order valence-corrected chi connectivity index (χ0v) is 7.00. The number of carbonyl (C=O) groups excluding carboxylic acids is 2. The van der Waals surface area contributed by atoms with Crippen LogP contribution in [0.2, 0.25) is 0 Å². The summed E-state index contributed by atoms with van der Waals surface area (Å²) in [7, 11) is 0. The monoisotopic (exact) mass is 259 g/mol. The molecule has 0 aromatic carbocycles. The van der Waals surface area contributed by atoms with E-state index in [2.05, 4.69) is 0 Å². The van der Waals surface area contributed by atoms with Crippen molar-refractivity contribution in [3.8, 4) is 0 Å². The molecule has 0 aromatic heterocycles. The van der Waals surface area contributed by atoms with Crippen LogP contribution < -0.4 is 0 Å². The standard InChI is InChI=1S/C5H8O2.Tb/c1-4(6)3-5(2)7;/h3H2,1-2H3;/q;+3. The topological polar surface area (TPSA) is 34.1 Å². The van der Waals surface area contributed by atoms with Gasteiger partial charge in [0.25, 0.3) is 0 Å². The van der Waals surface area contributed by atoms with E-state index in [4.69, 9.17) is 0 Å². The summed E-state index contributed by atoms with van der Waals surface area (Å²) >= 11 is 0. The maximum Gasteiger partial charge on any atom is 3.00 e. The van der Waals surface area contributed by atoms with Gasteiger partial charge in [-0.2, -0.15) is 0 Å². The summed E-state index contributed by atoms with van der Waals surface area (Å²) in [5.74, 6) is -0.125. The molecule has 0 saturated heterocycles. The van der Waals surface area contributed by atoms with Crippen LogP contribution >= 0.6 is 0 Å². The van der Waals surface area contributed by atoms with E-state index in [1.165, 1.54) is 13.8 Å². The molecule has 2 nitrogen and oxygen atoms in total. The van der Waals surface area contributed by atoms with Crippen LogP contribution in [0.15, 0.2) is 0 Å². The molecule has 0 saturated carbocycles. The molecule has 0 aliphatic rings. The van der Waals surface area contributed by atoms with Crippen LogP contribution in [-0.2, 0) is 9.59 Å². The number of hydrogen-bond donors (Lipinski definition) is 0. The van der Waals surface area contributed by atoms with Gasteiger partial charge in [-0.15, -0.1) is 0 Å². The van der Waals surface area contributed by atoms with Gasteiger partial charge in [0, 0.05) is 0 Å². The predicted octanol–water partition coefficient (Wildman–Crippen LogP) is 0.554. The number of rotatable bonds is 2. The van der Waals surface area contributed by atoms with E-state index in [0.717, 1.165) is 0 Å². The fourth-order valence-corrected chi connectivity index (χ4v) is 0.351. The Bertz CT molecular complexity index is 86.6. The second kappa shape index (κ2) is 5.76. The molecule has 0 fully saturated rings. The fourth-order valence-electron chi connectivity index (χ4n) is 0.351. The van der Waals surface area contributed by atoms with Gasteiger partial charge in [0.1, 0.15) is 11.6 Å². The average molecular weight is 259 g/mol. The van der Waals surface area contributed by atoms with Crippen molar-refractivity contribution in [3.05, 3.63) is 0 Å². The molecule has 0 rings (SSSR count). The molecule has 3 heteroatoms. The van der Waals surface area contributed by atoms with Crippen LogP contribution in [0.1, 0.15) is 20.3 Å². The zero-order valence-electron chi connectivity index (χ0n) is 4.86. The molecule has 46 valence electrons. The first-order valence-corrected chi connectivity index (χ1v) is 2.12. The average Bonchev–Trinajstić information content (AvgIpc) is 1.27. The summed E-state index contributed by atoms with van der Waals surface area (Å²) in [5, 5.41) is 0. The molecule has 0 N–H and O–H groups in total. The second-order valence-corrected chi connectivity index (χ2v) is 1.58. The van der Waals surface area contributed by atoms with E-state index in [0.29, 0.717) is 0 Å². The molecule has 0 bridgehead atoms. The molecule has 0 heterocycles. The van der Waals surface area contributed by atoms with E-state index in [1.807, 2.05) is 0 Å². The number of carbonyl (C=O) groups is 2. The van der Waals surface area contributed by atoms with Crippen LogP contribution in [-0.4, -0.2) is 11.6 Å². The van der Waals surface area contributed by atoms with Gasteiger partial charge >= 0.3 is 38.6 Å². The first-order valence-electron chi connectivity index (χ1n) is 2.12. The van der Waals surface area contributed by atoms with Gasteiger partial charge in [0.15, 0.2) is 0 Å². The summed E-state index contributed by atoms with van der Waals surface area (Å²) in [5.41, 5.74) is 0. The quantitative estimate of drug-likeness (QED) is 0.679. The fraction of sp³-hybridized carbons (Fsp3) is 0.600. The molecular formula is C5H8O2Tb+3. The minimum absolute atomic E-state index is 0. The molecule has 0 radical (unpaired) electrons. The van der Waals surface area contributed by atoms with Crippen LogP contribution in [0.3, 0.4) is 0 Å².